The maximum absolute atomic E-state index is 11.7. The summed E-state index contributed by atoms with van der Waals surface area (Å²) in [5, 5.41) is 5.66. The number of hydrogen-bond acceptors (Lipinski definition) is 2. The first-order chi connectivity index (χ1) is 9.79. The molecule has 1 aromatic carbocycles. The zero-order valence-electron chi connectivity index (χ0n) is 11.6. The van der Waals surface area contributed by atoms with Gasteiger partial charge in [-0.05, 0) is 23.6 Å². The number of pyridine rings is 1. The molecule has 20 heavy (non-hydrogen) atoms. The van der Waals surface area contributed by atoms with Crippen LogP contribution in [0.1, 0.15) is 23.7 Å². The van der Waals surface area contributed by atoms with Gasteiger partial charge in [0, 0.05) is 12.7 Å². The van der Waals surface area contributed by atoms with Crippen LogP contribution in [0, 0.1) is 0 Å². The molecule has 0 aliphatic carbocycles. The van der Waals surface area contributed by atoms with E-state index >= 15 is 0 Å². The van der Waals surface area contributed by atoms with E-state index in [9.17, 15) is 4.79 Å². The Kier molecular flexibility index (Phi) is 5.12. The van der Waals surface area contributed by atoms with E-state index < -0.39 is 0 Å². The van der Waals surface area contributed by atoms with Crippen molar-refractivity contribution in [2.75, 3.05) is 0 Å². The highest BCUT2D eigenvalue weighted by Gasteiger charge is 2.04. The van der Waals surface area contributed by atoms with Crippen LogP contribution in [-0.4, -0.2) is 11.0 Å². The topological polar surface area (TPSA) is 54.0 Å². The van der Waals surface area contributed by atoms with E-state index in [4.69, 9.17) is 0 Å². The summed E-state index contributed by atoms with van der Waals surface area (Å²) in [4.78, 5) is 16.0. The molecule has 0 bridgehead atoms. The summed E-state index contributed by atoms with van der Waals surface area (Å²) in [6.07, 6.45) is 2.66. The van der Waals surface area contributed by atoms with Gasteiger partial charge < -0.3 is 10.6 Å². The van der Waals surface area contributed by atoms with Crippen molar-refractivity contribution in [1.82, 2.24) is 15.6 Å². The fourth-order valence-corrected chi connectivity index (χ4v) is 1.96. The van der Waals surface area contributed by atoms with Crippen LogP contribution in [0.25, 0.3) is 0 Å². The van der Waals surface area contributed by atoms with Crippen LogP contribution in [0.5, 0.6) is 0 Å². The van der Waals surface area contributed by atoms with Crippen LogP contribution in [0.15, 0.2) is 48.7 Å². The highest BCUT2D eigenvalue weighted by Crippen LogP contribution is 2.05. The van der Waals surface area contributed by atoms with Crippen molar-refractivity contribution < 1.29 is 4.79 Å². The predicted octanol–water partition coefficient (Wildman–Crippen LogP) is 2.64. The molecule has 0 atom stereocenters. The van der Waals surface area contributed by atoms with Crippen LogP contribution >= 0.6 is 0 Å². The molecule has 2 N–H and O–H groups in total. The van der Waals surface area contributed by atoms with E-state index in [2.05, 4.69) is 22.5 Å². The van der Waals surface area contributed by atoms with Crippen molar-refractivity contribution >= 4 is 6.03 Å². The number of aromatic nitrogens is 1. The molecule has 2 aromatic rings. The number of carbonyl (C=O) groups is 1. The van der Waals surface area contributed by atoms with Gasteiger partial charge in [0.2, 0.25) is 0 Å². The van der Waals surface area contributed by atoms with E-state index in [1.54, 1.807) is 6.20 Å². The second kappa shape index (κ2) is 7.28. The Morgan fingerprint density at radius 2 is 1.80 bits per heavy atom. The summed E-state index contributed by atoms with van der Waals surface area (Å²) < 4.78 is 0. The molecule has 0 saturated carbocycles. The lowest BCUT2D eigenvalue weighted by atomic mass is 10.1. The van der Waals surface area contributed by atoms with Crippen molar-refractivity contribution in [1.29, 1.82) is 0 Å². The minimum absolute atomic E-state index is 0.179. The summed E-state index contributed by atoms with van der Waals surface area (Å²) in [6.45, 7) is 3.05. The van der Waals surface area contributed by atoms with Gasteiger partial charge in [-0.1, -0.05) is 43.3 Å². The van der Waals surface area contributed by atoms with Gasteiger partial charge in [-0.15, -0.1) is 0 Å². The van der Waals surface area contributed by atoms with E-state index in [1.165, 1.54) is 0 Å². The summed E-state index contributed by atoms with van der Waals surface area (Å²) >= 11 is 0. The summed E-state index contributed by atoms with van der Waals surface area (Å²) in [6, 6.07) is 13.6. The lowest BCUT2D eigenvalue weighted by molar-refractivity contribution is 0.240. The highest BCUT2D eigenvalue weighted by molar-refractivity contribution is 5.73. The third kappa shape index (κ3) is 4.09. The van der Waals surface area contributed by atoms with Crippen molar-refractivity contribution in [2.24, 2.45) is 0 Å². The van der Waals surface area contributed by atoms with Gasteiger partial charge in [0.05, 0.1) is 12.2 Å². The summed E-state index contributed by atoms with van der Waals surface area (Å²) in [7, 11) is 0. The number of nitrogens with one attached hydrogen (secondary N) is 2. The van der Waals surface area contributed by atoms with Crippen LogP contribution < -0.4 is 10.6 Å². The Morgan fingerprint density at radius 1 is 1.05 bits per heavy atom. The average molecular weight is 269 g/mol. The lowest BCUT2D eigenvalue weighted by Gasteiger charge is -2.09. The first-order valence-corrected chi connectivity index (χ1v) is 6.78. The van der Waals surface area contributed by atoms with Crippen LogP contribution in [0.2, 0.25) is 0 Å². The van der Waals surface area contributed by atoms with E-state index in [1.807, 2.05) is 42.5 Å². The number of benzene rings is 1. The molecule has 0 saturated heterocycles. The van der Waals surface area contributed by atoms with Crippen molar-refractivity contribution in [3.05, 3.63) is 65.5 Å². The van der Waals surface area contributed by atoms with E-state index in [0.29, 0.717) is 13.1 Å². The number of rotatable bonds is 5. The number of amides is 2. The monoisotopic (exact) mass is 269 g/mol. The molecule has 1 heterocycles. The fraction of sp³-hybridized carbons (Fsp3) is 0.250. The largest absolute Gasteiger partial charge is 0.334 e. The molecule has 0 fully saturated rings. The molecule has 2 rings (SSSR count). The minimum atomic E-state index is -0.179. The Labute approximate surface area is 119 Å². The van der Waals surface area contributed by atoms with Crippen LogP contribution in [0.4, 0.5) is 4.79 Å². The smallest absolute Gasteiger partial charge is 0.315 e. The number of carbonyl (C=O) groups excluding carboxylic acids is 1. The predicted molar refractivity (Wildman–Crippen MR) is 79.1 cm³/mol. The molecule has 2 amide bonds. The summed E-state index contributed by atoms with van der Waals surface area (Å²) in [5.41, 5.74) is 3.16. The van der Waals surface area contributed by atoms with Gasteiger partial charge >= 0.3 is 6.03 Å². The molecule has 104 valence electrons. The summed E-state index contributed by atoms with van der Waals surface area (Å²) in [5.74, 6) is 0. The number of nitrogens with zero attached hydrogens (tertiary/aromatic N) is 1. The average Bonchev–Trinajstić information content (AvgIpc) is 2.52. The van der Waals surface area contributed by atoms with E-state index in [-0.39, 0.29) is 6.03 Å². The molecule has 0 aliphatic heterocycles. The molecular weight excluding hydrogens is 250 g/mol. The Bertz CT molecular complexity index is 555. The third-order valence-electron chi connectivity index (χ3n) is 3.08. The molecular formula is C16H19N3O. The Balaban J connectivity index is 1.80. The molecule has 0 unspecified atom stereocenters. The van der Waals surface area contributed by atoms with Gasteiger partial charge in [-0.2, -0.15) is 0 Å². The van der Waals surface area contributed by atoms with Crippen LogP contribution in [-0.2, 0) is 19.5 Å². The van der Waals surface area contributed by atoms with Crippen molar-refractivity contribution in [3.63, 3.8) is 0 Å². The zero-order chi connectivity index (χ0) is 14.2. The molecule has 4 nitrogen and oxygen atoms in total. The molecule has 4 heteroatoms. The number of urea groups is 1. The van der Waals surface area contributed by atoms with Gasteiger partial charge in [0.15, 0.2) is 0 Å². The maximum atomic E-state index is 11.7. The molecule has 1 aromatic heterocycles. The minimum Gasteiger partial charge on any atom is -0.334 e. The normalized spacial score (nSPS) is 10.1. The molecule has 0 radical (unpaired) electrons. The van der Waals surface area contributed by atoms with E-state index in [0.717, 1.165) is 23.2 Å². The maximum Gasteiger partial charge on any atom is 0.315 e. The molecule has 0 spiro atoms. The number of hydrogen-bond donors (Lipinski definition) is 2. The van der Waals surface area contributed by atoms with Crippen LogP contribution in [0.3, 0.4) is 0 Å². The van der Waals surface area contributed by atoms with Gasteiger partial charge in [-0.3, -0.25) is 4.98 Å². The highest BCUT2D eigenvalue weighted by atomic mass is 16.2. The molecule has 0 aliphatic rings. The lowest BCUT2D eigenvalue weighted by Crippen LogP contribution is -2.35. The van der Waals surface area contributed by atoms with Gasteiger partial charge in [0.1, 0.15) is 0 Å². The zero-order valence-corrected chi connectivity index (χ0v) is 11.6. The Hall–Kier alpha value is -2.36. The first-order valence-electron chi connectivity index (χ1n) is 6.78. The van der Waals surface area contributed by atoms with Gasteiger partial charge in [-0.25, -0.2) is 4.79 Å². The van der Waals surface area contributed by atoms with Crippen molar-refractivity contribution in [3.8, 4) is 0 Å². The third-order valence-corrected chi connectivity index (χ3v) is 3.08. The Morgan fingerprint density at radius 3 is 2.55 bits per heavy atom. The standard InChI is InChI=1S/C16H19N3O/c1-2-14-9-6-10-17-15(14)12-19-16(20)18-11-13-7-4-3-5-8-13/h3-10H,2,11-12H2,1H3,(H2,18,19,20). The fourth-order valence-electron chi connectivity index (χ4n) is 1.96. The number of aryl methyl sites for hydroxylation is 1. The quantitative estimate of drug-likeness (QED) is 0.876. The van der Waals surface area contributed by atoms with Crippen molar-refractivity contribution in [2.45, 2.75) is 26.4 Å². The SMILES string of the molecule is CCc1cccnc1CNC(=O)NCc1ccccc1. The second-order valence-electron chi connectivity index (χ2n) is 4.48. The van der Waals surface area contributed by atoms with Gasteiger partial charge in [0.25, 0.3) is 0 Å². The first kappa shape index (κ1) is 14.1. The second-order valence-corrected chi connectivity index (χ2v) is 4.48.